The molecule has 0 spiro atoms. The van der Waals surface area contributed by atoms with Crippen molar-refractivity contribution < 1.29 is 34.8 Å². The first-order valence-electron chi connectivity index (χ1n) is 13.4. The van der Waals surface area contributed by atoms with Gasteiger partial charge in [-0.05, 0) is 66.6 Å². The average molecular weight is 549 g/mol. The van der Waals surface area contributed by atoms with E-state index in [9.17, 15) is 34.8 Å². The van der Waals surface area contributed by atoms with Crippen molar-refractivity contribution in [1.82, 2.24) is 4.90 Å². The van der Waals surface area contributed by atoms with Crippen molar-refractivity contribution in [3.63, 3.8) is 0 Å². The van der Waals surface area contributed by atoms with Gasteiger partial charge in [0.15, 0.2) is 17.2 Å². The van der Waals surface area contributed by atoms with E-state index >= 15 is 0 Å². The molecule has 0 heterocycles. The zero-order valence-corrected chi connectivity index (χ0v) is 23.3. The summed E-state index contributed by atoms with van der Waals surface area (Å²) < 4.78 is 0. The van der Waals surface area contributed by atoms with Gasteiger partial charge in [0.1, 0.15) is 17.4 Å². The predicted octanol–water partition coefficient (Wildman–Crippen LogP) is 2.25. The number of hydrogen-bond acceptors (Lipinski definition) is 8. The maximum absolute atomic E-state index is 13.9. The third kappa shape index (κ3) is 3.90. The quantitative estimate of drug-likeness (QED) is 0.365. The highest BCUT2D eigenvalue weighted by atomic mass is 16.3. The summed E-state index contributed by atoms with van der Waals surface area (Å²) in [6, 6.07) is 10.3. The first-order valence-corrected chi connectivity index (χ1v) is 13.4. The number of aliphatic hydroxyl groups is 3. The number of aromatic hydroxyl groups is 1. The molecular weight excluding hydrogens is 512 g/mol. The van der Waals surface area contributed by atoms with E-state index in [1.807, 2.05) is 24.3 Å². The van der Waals surface area contributed by atoms with Crippen LogP contribution in [0.4, 0.5) is 0 Å². The minimum absolute atomic E-state index is 0.0103. The van der Waals surface area contributed by atoms with Gasteiger partial charge in [-0.15, -0.1) is 0 Å². The van der Waals surface area contributed by atoms with Gasteiger partial charge >= 0.3 is 0 Å². The van der Waals surface area contributed by atoms with Crippen molar-refractivity contribution in [2.45, 2.75) is 56.8 Å². The van der Waals surface area contributed by atoms with Crippen LogP contribution in [0.2, 0.25) is 0 Å². The minimum Gasteiger partial charge on any atom is -0.508 e. The molecule has 0 aliphatic heterocycles. The number of fused-ring (bicyclic) bond motifs is 3. The largest absolute Gasteiger partial charge is 0.508 e. The van der Waals surface area contributed by atoms with E-state index in [2.05, 4.69) is 20.8 Å². The first kappa shape index (κ1) is 28.0. The molecule has 40 heavy (non-hydrogen) atoms. The van der Waals surface area contributed by atoms with Gasteiger partial charge < -0.3 is 31.1 Å². The average Bonchev–Trinajstić information content (AvgIpc) is 2.85. The van der Waals surface area contributed by atoms with Crippen LogP contribution in [0.1, 0.15) is 48.7 Å². The monoisotopic (exact) mass is 548 g/mol. The summed E-state index contributed by atoms with van der Waals surface area (Å²) in [7, 11) is 3.27. The number of aliphatic hydroxyl groups excluding tert-OH is 2. The van der Waals surface area contributed by atoms with Crippen LogP contribution < -0.4 is 5.73 Å². The lowest BCUT2D eigenvalue weighted by molar-refractivity contribution is -0.178. The summed E-state index contributed by atoms with van der Waals surface area (Å²) in [5, 5.41) is 45.0. The number of carbonyl (C=O) groups excluding carboxylic acids is 3. The molecule has 6 N–H and O–H groups in total. The van der Waals surface area contributed by atoms with E-state index in [0.717, 1.165) is 16.7 Å². The lowest BCUT2D eigenvalue weighted by Crippen LogP contribution is -2.71. The number of carbonyl (C=O) groups is 3. The molecule has 1 fully saturated rings. The van der Waals surface area contributed by atoms with Crippen molar-refractivity contribution in [1.29, 1.82) is 0 Å². The number of phenols is 1. The van der Waals surface area contributed by atoms with Gasteiger partial charge in [0.2, 0.25) is 5.91 Å². The molecule has 212 valence electrons. The van der Waals surface area contributed by atoms with Crippen LogP contribution in [0, 0.1) is 17.8 Å². The van der Waals surface area contributed by atoms with Crippen molar-refractivity contribution in [2.24, 2.45) is 23.5 Å². The normalized spacial score (nSPS) is 30.1. The molecule has 2 aromatic carbocycles. The standard InChI is InChI=1S/C31H36N2O7/c1-30(2,3)16-8-6-14(7-9-16)17-10-11-20(34)22-18(17)12-15-13-19-24(33(4)5)26(36)23(29(32)39)28(38)31(19,40)27(37)21(15)25(22)35/h6-11,15,19,23-24,26,34,36-37,40H,12-13H2,1-5H3,(H2,32,39)/t15-,19-,23?,24?,26?,31-/m0/s1. The summed E-state index contributed by atoms with van der Waals surface area (Å²) in [4.78, 5) is 41.2. The zero-order chi connectivity index (χ0) is 29.5. The van der Waals surface area contributed by atoms with Gasteiger partial charge in [0.05, 0.1) is 11.7 Å². The Bertz CT molecular complexity index is 1450. The van der Waals surface area contributed by atoms with Gasteiger partial charge in [0.25, 0.3) is 0 Å². The molecular formula is C31H36N2O7. The molecule has 5 rings (SSSR count). The van der Waals surface area contributed by atoms with Gasteiger partial charge in [0, 0.05) is 17.5 Å². The molecule has 9 nitrogen and oxygen atoms in total. The fraction of sp³-hybridized carbons (Fsp3) is 0.452. The molecule has 2 aromatic rings. The summed E-state index contributed by atoms with van der Waals surface area (Å²) in [5.41, 5.74) is 6.03. The maximum atomic E-state index is 13.9. The molecule has 3 unspecified atom stereocenters. The van der Waals surface area contributed by atoms with Gasteiger partial charge in [-0.2, -0.15) is 0 Å². The molecule has 3 aliphatic carbocycles. The number of primary amides is 1. The highest BCUT2D eigenvalue weighted by molar-refractivity contribution is 6.16. The Morgan fingerprint density at radius 3 is 2.23 bits per heavy atom. The topological polar surface area (TPSA) is 161 Å². The van der Waals surface area contributed by atoms with Crippen molar-refractivity contribution in [3.05, 3.63) is 64.4 Å². The second kappa shape index (κ2) is 9.26. The predicted molar refractivity (Wildman–Crippen MR) is 148 cm³/mol. The van der Waals surface area contributed by atoms with Crippen LogP contribution in [0.15, 0.2) is 47.7 Å². The van der Waals surface area contributed by atoms with Crippen LogP contribution in [0.25, 0.3) is 11.1 Å². The van der Waals surface area contributed by atoms with E-state index in [-0.39, 0.29) is 35.1 Å². The number of hydrogen-bond donors (Lipinski definition) is 5. The van der Waals surface area contributed by atoms with Crippen molar-refractivity contribution in [3.8, 4) is 16.9 Å². The second-order valence-electron chi connectivity index (χ2n) is 12.6. The van der Waals surface area contributed by atoms with Gasteiger partial charge in [-0.1, -0.05) is 51.1 Å². The molecule has 6 atom stereocenters. The van der Waals surface area contributed by atoms with E-state index in [0.29, 0.717) is 5.56 Å². The Morgan fingerprint density at radius 2 is 1.68 bits per heavy atom. The zero-order valence-electron chi connectivity index (χ0n) is 23.3. The number of ketones is 2. The molecule has 1 saturated carbocycles. The Labute approximate surface area is 232 Å². The van der Waals surface area contributed by atoms with E-state index < -0.39 is 58.7 Å². The molecule has 0 radical (unpaired) electrons. The molecule has 1 amide bonds. The number of benzene rings is 2. The number of likely N-dealkylation sites (N-methyl/N-ethyl adjacent to an activating group) is 1. The van der Waals surface area contributed by atoms with Crippen LogP contribution in [-0.4, -0.2) is 74.6 Å². The molecule has 0 bridgehead atoms. The van der Waals surface area contributed by atoms with E-state index in [4.69, 9.17) is 5.73 Å². The number of phenolic OH excluding ortho intramolecular Hbond substituents is 1. The number of nitrogens with two attached hydrogens (primary N) is 1. The molecule has 0 aromatic heterocycles. The Kier molecular flexibility index (Phi) is 6.48. The lowest BCUT2D eigenvalue weighted by atomic mass is 9.55. The molecule has 0 saturated heterocycles. The van der Waals surface area contributed by atoms with Crippen molar-refractivity contribution >= 4 is 17.5 Å². The molecule has 9 heteroatoms. The summed E-state index contributed by atoms with van der Waals surface area (Å²) >= 11 is 0. The van der Waals surface area contributed by atoms with Gasteiger partial charge in [-0.25, -0.2) is 0 Å². The summed E-state index contributed by atoms with van der Waals surface area (Å²) in [6.07, 6.45) is -1.18. The summed E-state index contributed by atoms with van der Waals surface area (Å²) in [6.45, 7) is 6.35. The Morgan fingerprint density at radius 1 is 1.05 bits per heavy atom. The third-order valence-electron chi connectivity index (χ3n) is 9.04. The maximum Gasteiger partial charge on any atom is 0.230 e. The first-order chi connectivity index (χ1) is 18.6. The van der Waals surface area contributed by atoms with Crippen molar-refractivity contribution in [2.75, 3.05) is 14.1 Å². The van der Waals surface area contributed by atoms with E-state index in [1.165, 1.54) is 6.07 Å². The second-order valence-corrected chi connectivity index (χ2v) is 12.6. The minimum atomic E-state index is -2.59. The smallest absolute Gasteiger partial charge is 0.230 e. The number of allylic oxidation sites excluding steroid dienone is 1. The SMILES string of the molecule is CN(C)C1C(O)C(C(N)=O)C(=O)[C@@]2(O)C(O)=C3C(=O)c4c(O)ccc(-c5ccc(C(C)(C)C)cc5)c4C[C@H]3C[C@@H]12. The summed E-state index contributed by atoms with van der Waals surface area (Å²) in [5.74, 6) is -7.44. The fourth-order valence-corrected chi connectivity index (χ4v) is 7.03. The molecule has 3 aliphatic rings. The van der Waals surface area contributed by atoms with Crippen LogP contribution in [0.3, 0.4) is 0 Å². The third-order valence-corrected chi connectivity index (χ3v) is 9.04. The number of Topliss-reactive ketones (excluding diaryl/α,β-unsaturated/α-hetero) is 2. The van der Waals surface area contributed by atoms with Gasteiger partial charge in [-0.3, -0.25) is 14.4 Å². The van der Waals surface area contributed by atoms with Crippen LogP contribution in [0.5, 0.6) is 5.75 Å². The fourth-order valence-electron chi connectivity index (χ4n) is 7.03. The highest BCUT2D eigenvalue weighted by Gasteiger charge is 2.66. The van der Waals surface area contributed by atoms with E-state index in [1.54, 1.807) is 25.1 Å². The number of rotatable bonds is 3. The number of nitrogens with zero attached hydrogens (tertiary/aromatic N) is 1. The highest BCUT2D eigenvalue weighted by Crippen LogP contribution is 2.53. The van der Waals surface area contributed by atoms with Crippen LogP contribution >= 0.6 is 0 Å². The van der Waals surface area contributed by atoms with Crippen LogP contribution in [-0.2, 0) is 21.4 Å². The Hall–Kier alpha value is -3.53. The number of amides is 1. The Balaban J connectivity index is 1.67. The lowest BCUT2D eigenvalue weighted by Gasteiger charge is -2.53.